The molecule has 4 aromatic rings. The van der Waals surface area contributed by atoms with E-state index < -0.39 is 12.6 Å². The van der Waals surface area contributed by atoms with E-state index in [2.05, 4.69) is 11.4 Å². The van der Waals surface area contributed by atoms with Gasteiger partial charge in [-0.3, -0.25) is 9.59 Å². The Balaban J connectivity index is 1.20. The molecule has 1 amide bonds. The van der Waals surface area contributed by atoms with Gasteiger partial charge in [-0.1, -0.05) is 36.4 Å². The number of thioether (sulfide) groups is 1. The highest BCUT2D eigenvalue weighted by Crippen LogP contribution is 2.37. The highest BCUT2D eigenvalue weighted by atomic mass is 32.2. The first-order valence-corrected chi connectivity index (χ1v) is 13.2. The zero-order valence-electron chi connectivity index (χ0n) is 20.7. The molecule has 8 heteroatoms. The molecule has 0 bridgehead atoms. The van der Waals surface area contributed by atoms with Gasteiger partial charge in [-0.15, -0.1) is 11.8 Å². The number of benzene rings is 3. The van der Waals surface area contributed by atoms with E-state index in [1.165, 1.54) is 42.1 Å². The molecule has 1 aromatic heterocycles. The van der Waals surface area contributed by atoms with Crippen LogP contribution in [0.2, 0.25) is 0 Å². The van der Waals surface area contributed by atoms with Gasteiger partial charge in [0.25, 0.3) is 0 Å². The first-order valence-electron chi connectivity index (χ1n) is 12.0. The van der Waals surface area contributed by atoms with E-state index in [0.717, 1.165) is 23.3 Å². The highest BCUT2D eigenvalue weighted by Gasteiger charge is 2.20. The summed E-state index contributed by atoms with van der Waals surface area (Å²) in [6.45, 7) is -0.392. The summed E-state index contributed by atoms with van der Waals surface area (Å²) in [5.74, 6) is 0.729. The molecule has 1 aliphatic carbocycles. The van der Waals surface area contributed by atoms with Gasteiger partial charge in [-0.2, -0.15) is 0 Å². The van der Waals surface area contributed by atoms with Gasteiger partial charge in [-0.25, -0.2) is 4.79 Å². The Bertz CT molecular complexity index is 1490. The van der Waals surface area contributed by atoms with Crippen LogP contribution in [-0.2, 0) is 21.7 Å². The van der Waals surface area contributed by atoms with Crippen molar-refractivity contribution in [2.45, 2.75) is 12.2 Å². The van der Waals surface area contributed by atoms with Crippen LogP contribution in [0.4, 0.5) is 5.69 Å². The number of fused-ring (bicyclic) bond motifs is 3. The second kappa shape index (κ2) is 11.4. The van der Waals surface area contributed by atoms with E-state index in [4.69, 9.17) is 13.9 Å². The molecule has 0 saturated heterocycles. The molecule has 1 aliphatic rings. The van der Waals surface area contributed by atoms with Crippen molar-refractivity contribution in [2.75, 3.05) is 24.8 Å². The maximum absolute atomic E-state index is 12.8. The molecule has 0 aliphatic heterocycles. The van der Waals surface area contributed by atoms with Crippen LogP contribution < -0.4 is 10.1 Å². The molecule has 1 N–H and O–H groups in total. The van der Waals surface area contributed by atoms with Crippen LogP contribution in [0.1, 0.15) is 37.6 Å². The first kappa shape index (κ1) is 25.4. The molecule has 0 spiro atoms. The standard InChI is InChI=1S/C30H25NO6S/c1-35-28-11-10-22(15-26(28)31-29(33)18-38-17-23-6-4-12-36-23)30(34)37-16-27(32)21-9-8-20-13-19-5-2-3-7-24(19)25(20)14-21/h2-12,14-15H,13,16-18H2,1H3,(H,31,33). The number of esters is 1. The van der Waals surface area contributed by atoms with Gasteiger partial charge >= 0.3 is 5.97 Å². The maximum Gasteiger partial charge on any atom is 0.338 e. The largest absolute Gasteiger partial charge is 0.495 e. The topological polar surface area (TPSA) is 94.8 Å². The zero-order valence-corrected chi connectivity index (χ0v) is 21.5. The molecule has 0 atom stereocenters. The maximum atomic E-state index is 12.8. The van der Waals surface area contributed by atoms with E-state index in [9.17, 15) is 14.4 Å². The fourth-order valence-corrected chi connectivity index (χ4v) is 5.08. The Morgan fingerprint density at radius 2 is 1.74 bits per heavy atom. The third kappa shape index (κ3) is 5.65. The van der Waals surface area contributed by atoms with Crippen molar-refractivity contribution in [3.63, 3.8) is 0 Å². The summed E-state index contributed by atoms with van der Waals surface area (Å²) in [4.78, 5) is 38.0. The van der Waals surface area contributed by atoms with E-state index in [-0.39, 0.29) is 23.0 Å². The van der Waals surface area contributed by atoms with Gasteiger partial charge < -0.3 is 19.2 Å². The number of carbonyl (C=O) groups excluding carboxylic acids is 3. The van der Waals surface area contributed by atoms with E-state index in [1.807, 2.05) is 36.4 Å². The number of carbonyl (C=O) groups is 3. The number of amides is 1. The minimum atomic E-state index is -0.671. The van der Waals surface area contributed by atoms with Gasteiger partial charge in [0.1, 0.15) is 11.5 Å². The van der Waals surface area contributed by atoms with Crippen LogP contribution in [0.25, 0.3) is 11.1 Å². The zero-order chi connectivity index (χ0) is 26.5. The molecule has 3 aromatic carbocycles. The molecule has 7 nitrogen and oxygen atoms in total. The number of methoxy groups -OCH3 is 1. The molecule has 1 heterocycles. The Hall–Kier alpha value is -4.30. The van der Waals surface area contributed by atoms with Crippen molar-refractivity contribution >= 4 is 35.1 Å². The minimum absolute atomic E-state index is 0.193. The molecule has 0 radical (unpaired) electrons. The number of hydrogen-bond acceptors (Lipinski definition) is 7. The quantitative estimate of drug-likeness (QED) is 0.182. The summed E-state index contributed by atoms with van der Waals surface area (Å²) in [5.41, 5.74) is 5.60. The van der Waals surface area contributed by atoms with Crippen LogP contribution in [0.5, 0.6) is 5.75 Å². The van der Waals surface area contributed by atoms with Gasteiger partial charge in [0.15, 0.2) is 12.4 Å². The average molecular weight is 528 g/mol. The Morgan fingerprint density at radius 1 is 0.921 bits per heavy atom. The molecule has 5 rings (SSSR count). The van der Waals surface area contributed by atoms with Gasteiger partial charge in [-0.05, 0) is 65.1 Å². The Morgan fingerprint density at radius 3 is 2.55 bits per heavy atom. The summed E-state index contributed by atoms with van der Waals surface area (Å²) in [5, 5.41) is 2.77. The van der Waals surface area contributed by atoms with E-state index >= 15 is 0 Å². The number of nitrogens with one attached hydrogen (secondary N) is 1. The lowest BCUT2D eigenvalue weighted by Crippen LogP contribution is -2.17. The number of anilines is 1. The number of Topliss-reactive ketones (excluding diaryl/α,β-unsaturated/α-hetero) is 1. The van der Waals surface area contributed by atoms with Crippen molar-refractivity contribution < 1.29 is 28.3 Å². The van der Waals surface area contributed by atoms with Crippen molar-refractivity contribution in [3.05, 3.63) is 107 Å². The van der Waals surface area contributed by atoms with E-state index in [1.54, 1.807) is 24.5 Å². The summed E-state index contributed by atoms with van der Waals surface area (Å²) in [6, 6.07) is 21.9. The first-order chi connectivity index (χ1) is 18.5. The second-order valence-corrected chi connectivity index (χ2v) is 9.73. The van der Waals surface area contributed by atoms with Crippen molar-refractivity contribution in [3.8, 4) is 16.9 Å². The number of furan rings is 1. The molecular formula is C30H25NO6S. The third-order valence-electron chi connectivity index (χ3n) is 6.22. The third-order valence-corrected chi connectivity index (χ3v) is 7.18. The van der Waals surface area contributed by atoms with Crippen molar-refractivity contribution in [2.24, 2.45) is 0 Å². The normalized spacial score (nSPS) is 11.4. The van der Waals surface area contributed by atoms with E-state index in [0.29, 0.717) is 22.8 Å². The molecule has 0 unspecified atom stereocenters. The predicted octanol–water partition coefficient (Wildman–Crippen LogP) is 5.77. The second-order valence-electron chi connectivity index (χ2n) is 8.74. The fraction of sp³-hybridized carbons (Fsp3) is 0.167. The van der Waals surface area contributed by atoms with Gasteiger partial charge in [0.05, 0.1) is 36.1 Å². The van der Waals surface area contributed by atoms with Crippen LogP contribution in [0, 0.1) is 0 Å². The number of rotatable bonds is 10. The van der Waals surface area contributed by atoms with Gasteiger partial charge in [0, 0.05) is 5.56 Å². The minimum Gasteiger partial charge on any atom is -0.495 e. The molecule has 38 heavy (non-hydrogen) atoms. The highest BCUT2D eigenvalue weighted by molar-refractivity contribution is 7.99. The molecular weight excluding hydrogens is 502 g/mol. The lowest BCUT2D eigenvalue weighted by molar-refractivity contribution is -0.113. The van der Waals surface area contributed by atoms with Crippen LogP contribution in [0.3, 0.4) is 0 Å². The lowest BCUT2D eigenvalue weighted by atomic mass is 10.0. The van der Waals surface area contributed by atoms with Crippen molar-refractivity contribution in [1.82, 2.24) is 0 Å². The Labute approximate surface area is 224 Å². The summed E-state index contributed by atoms with van der Waals surface area (Å²) in [7, 11) is 1.47. The monoisotopic (exact) mass is 527 g/mol. The number of ether oxygens (including phenoxy) is 2. The van der Waals surface area contributed by atoms with Crippen LogP contribution >= 0.6 is 11.8 Å². The van der Waals surface area contributed by atoms with Gasteiger partial charge in [0.2, 0.25) is 5.91 Å². The number of ketones is 1. The average Bonchev–Trinajstić information content (AvgIpc) is 3.59. The summed E-state index contributed by atoms with van der Waals surface area (Å²) < 4.78 is 15.9. The number of hydrogen-bond donors (Lipinski definition) is 1. The summed E-state index contributed by atoms with van der Waals surface area (Å²) in [6.07, 6.45) is 2.43. The van der Waals surface area contributed by atoms with Crippen molar-refractivity contribution in [1.29, 1.82) is 0 Å². The molecule has 0 fully saturated rings. The van der Waals surface area contributed by atoms with Crippen LogP contribution in [-0.4, -0.2) is 37.1 Å². The lowest BCUT2D eigenvalue weighted by Gasteiger charge is -2.12. The predicted molar refractivity (Wildman–Crippen MR) is 146 cm³/mol. The molecule has 192 valence electrons. The van der Waals surface area contributed by atoms with Crippen LogP contribution in [0.15, 0.2) is 83.5 Å². The SMILES string of the molecule is COc1ccc(C(=O)OCC(=O)c2ccc3c(c2)-c2ccccc2C3)cc1NC(=O)CSCc1ccco1. The summed E-state index contributed by atoms with van der Waals surface area (Å²) >= 11 is 1.40. The fourth-order valence-electron chi connectivity index (χ4n) is 4.35. The smallest absolute Gasteiger partial charge is 0.338 e. The molecule has 0 saturated carbocycles. The Kier molecular flexibility index (Phi) is 7.60.